The van der Waals surface area contributed by atoms with Crippen LogP contribution in [0.5, 0.6) is 0 Å². The molecule has 2 aromatic heterocycles. The summed E-state index contributed by atoms with van der Waals surface area (Å²) in [6, 6.07) is 8.99. The van der Waals surface area contributed by atoms with Crippen LogP contribution >= 0.6 is 11.3 Å². The quantitative estimate of drug-likeness (QED) is 0.712. The van der Waals surface area contributed by atoms with Crippen LogP contribution in [0, 0.1) is 0 Å². The molecule has 1 aliphatic rings. The molecule has 3 heterocycles. The predicted octanol–water partition coefficient (Wildman–Crippen LogP) is 4.54. The summed E-state index contributed by atoms with van der Waals surface area (Å²) in [5.41, 5.74) is -0.467. The molecule has 0 saturated carbocycles. The van der Waals surface area contributed by atoms with E-state index < -0.39 is 17.7 Å². The van der Waals surface area contributed by atoms with Crippen molar-refractivity contribution >= 4 is 23.2 Å². The Morgan fingerprint density at radius 3 is 2.78 bits per heavy atom. The van der Waals surface area contributed by atoms with Crippen molar-refractivity contribution in [3.63, 3.8) is 0 Å². The number of fused-ring (bicyclic) bond motifs is 1. The fourth-order valence-electron chi connectivity index (χ4n) is 3.33. The second-order valence-corrected chi connectivity index (χ2v) is 7.18. The van der Waals surface area contributed by atoms with Gasteiger partial charge >= 0.3 is 6.18 Å². The summed E-state index contributed by atoms with van der Waals surface area (Å²) in [5, 5.41) is 8.67. The lowest BCUT2D eigenvalue weighted by molar-refractivity contribution is -0.138. The van der Waals surface area contributed by atoms with Gasteiger partial charge in [0, 0.05) is 12.5 Å². The van der Waals surface area contributed by atoms with Gasteiger partial charge in [-0.2, -0.15) is 18.2 Å². The van der Waals surface area contributed by atoms with E-state index in [4.69, 9.17) is 0 Å². The highest BCUT2D eigenvalue weighted by atomic mass is 32.1. The fraction of sp³-hybridized carbons (Fsp3) is 0.278. The molecule has 1 N–H and O–H groups in total. The van der Waals surface area contributed by atoms with E-state index in [1.165, 1.54) is 23.5 Å². The van der Waals surface area contributed by atoms with Crippen LogP contribution in [0.2, 0.25) is 0 Å². The Kier molecular flexibility index (Phi) is 4.47. The van der Waals surface area contributed by atoms with Gasteiger partial charge in [0.1, 0.15) is 5.82 Å². The van der Waals surface area contributed by atoms with E-state index in [0.717, 1.165) is 6.07 Å². The zero-order valence-corrected chi connectivity index (χ0v) is 14.8. The number of thiophene rings is 1. The number of anilines is 1. The number of nitrogens with zero attached hydrogens (tertiary/aromatic N) is 3. The van der Waals surface area contributed by atoms with Crippen LogP contribution in [0.25, 0.3) is 0 Å². The number of aryl methyl sites for hydroxylation is 1. The lowest BCUT2D eigenvalue weighted by Gasteiger charge is -2.25. The van der Waals surface area contributed by atoms with Crippen molar-refractivity contribution < 1.29 is 18.0 Å². The lowest BCUT2D eigenvalue weighted by Crippen LogP contribution is -2.21. The predicted molar refractivity (Wildman–Crippen MR) is 94.8 cm³/mol. The third-order valence-electron chi connectivity index (χ3n) is 4.49. The van der Waals surface area contributed by atoms with Gasteiger partial charge in [-0.25, -0.2) is 4.68 Å². The molecule has 0 spiro atoms. The van der Waals surface area contributed by atoms with Crippen LogP contribution < -0.4 is 5.32 Å². The Morgan fingerprint density at radius 1 is 1.22 bits per heavy atom. The molecule has 4 rings (SSSR count). The molecule has 0 aliphatic carbocycles. The maximum atomic E-state index is 13.4. The molecule has 0 bridgehead atoms. The van der Waals surface area contributed by atoms with Crippen molar-refractivity contribution in [2.24, 2.45) is 0 Å². The number of rotatable bonds is 3. The number of amides is 1. The number of aromatic nitrogens is 3. The number of nitrogens with one attached hydrogen (secondary N) is 1. The molecular formula is C18H15F3N4OS. The highest BCUT2D eigenvalue weighted by Gasteiger charge is 2.37. The molecule has 1 unspecified atom stereocenters. The molecule has 3 aromatic rings. The maximum Gasteiger partial charge on any atom is 0.416 e. The fourth-order valence-corrected chi connectivity index (χ4v) is 3.95. The maximum absolute atomic E-state index is 13.4. The summed E-state index contributed by atoms with van der Waals surface area (Å²) in [5.74, 6) is -0.295. The molecule has 1 atom stereocenters. The molecular weight excluding hydrogens is 377 g/mol. The molecule has 5 nitrogen and oxygen atoms in total. The van der Waals surface area contributed by atoms with Crippen molar-refractivity contribution in [3.8, 4) is 0 Å². The van der Waals surface area contributed by atoms with Gasteiger partial charge < -0.3 is 0 Å². The van der Waals surface area contributed by atoms with Crippen LogP contribution in [0.15, 0.2) is 41.8 Å². The number of alkyl halides is 3. The normalized spacial score (nSPS) is 16.8. The zero-order valence-electron chi connectivity index (χ0n) is 14.0. The monoisotopic (exact) mass is 392 g/mol. The van der Waals surface area contributed by atoms with E-state index in [1.54, 1.807) is 28.3 Å². The van der Waals surface area contributed by atoms with Crippen LogP contribution in [-0.4, -0.2) is 20.7 Å². The molecule has 1 aliphatic heterocycles. The largest absolute Gasteiger partial charge is 0.416 e. The van der Waals surface area contributed by atoms with Crippen molar-refractivity contribution in [3.05, 3.63) is 63.6 Å². The molecule has 0 saturated heterocycles. The van der Waals surface area contributed by atoms with Gasteiger partial charge in [0.05, 0.1) is 10.4 Å². The van der Waals surface area contributed by atoms with Gasteiger partial charge in [0.15, 0.2) is 0 Å². The van der Waals surface area contributed by atoms with Crippen LogP contribution in [0.1, 0.15) is 45.4 Å². The van der Waals surface area contributed by atoms with E-state index in [9.17, 15) is 18.0 Å². The Balaban J connectivity index is 1.67. The number of carbonyl (C=O) groups excluding carboxylic acids is 1. The summed E-state index contributed by atoms with van der Waals surface area (Å²) in [4.78, 5) is 17.0. The van der Waals surface area contributed by atoms with Crippen LogP contribution in [0.3, 0.4) is 0 Å². The molecule has 27 heavy (non-hydrogen) atoms. The number of halogens is 3. The third kappa shape index (κ3) is 3.46. The highest BCUT2D eigenvalue weighted by molar-refractivity contribution is 7.12. The molecule has 140 valence electrons. The second kappa shape index (κ2) is 6.80. The third-order valence-corrected chi connectivity index (χ3v) is 5.36. The first kappa shape index (κ1) is 17.7. The SMILES string of the molecule is O=C(Nc1nc2n(n1)CCCC2c1ccccc1C(F)(F)F)c1cccs1. The number of hydrogen-bond acceptors (Lipinski definition) is 4. The zero-order chi connectivity index (χ0) is 19.0. The van der Waals surface area contributed by atoms with Crippen molar-refractivity contribution in [1.82, 2.24) is 14.8 Å². The Hall–Kier alpha value is -2.68. The van der Waals surface area contributed by atoms with Crippen molar-refractivity contribution in [2.45, 2.75) is 31.5 Å². The second-order valence-electron chi connectivity index (χ2n) is 6.23. The van der Waals surface area contributed by atoms with Gasteiger partial charge in [-0.1, -0.05) is 24.3 Å². The summed E-state index contributed by atoms with van der Waals surface area (Å²) >= 11 is 1.29. The first-order chi connectivity index (χ1) is 12.9. The lowest BCUT2D eigenvalue weighted by atomic mass is 9.88. The molecule has 0 fully saturated rings. The Bertz CT molecular complexity index is 965. The minimum absolute atomic E-state index is 0.111. The van der Waals surface area contributed by atoms with Gasteiger partial charge in [-0.15, -0.1) is 16.4 Å². The molecule has 0 radical (unpaired) electrons. The van der Waals surface area contributed by atoms with E-state index >= 15 is 0 Å². The first-order valence-corrected chi connectivity index (χ1v) is 9.27. The number of benzene rings is 1. The summed E-state index contributed by atoms with van der Waals surface area (Å²) in [7, 11) is 0. The molecule has 9 heteroatoms. The van der Waals surface area contributed by atoms with Crippen LogP contribution in [-0.2, 0) is 12.7 Å². The molecule has 1 amide bonds. The van der Waals surface area contributed by atoms with Gasteiger partial charge in [0.2, 0.25) is 5.95 Å². The highest BCUT2D eigenvalue weighted by Crippen LogP contribution is 2.40. The summed E-state index contributed by atoms with van der Waals surface area (Å²) in [6.07, 6.45) is -3.20. The minimum Gasteiger partial charge on any atom is -0.288 e. The number of hydrogen-bond donors (Lipinski definition) is 1. The van der Waals surface area contributed by atoms with Crippen molar-refractivity contribution in [2.75, 3.05) is 5.32 Å². The average Bonchev–Trinajstić information content (AvgIpc) is 3.30. The first-order valence-electron chi connectivity index (χ1n) is 8.39. The van der Waals surface area contributed by atoms with E-state index in [2.05, 4.69) is 15.4 Å². The van der Waals surface area contributed by atoms with Crippen LogP contribution in [0.4, 0.5) is 19.1 Å². The van der Waals surface area contributed by atoms with E-state index in [-0.39, 0.29) is 17.4 Å². The van der Waals surface area contributed by atoms with Gasteiger partial charge in [-0.05, 0) is 35.9 Å². The number of carbonyl (C=O) groups is 1. The van der Waals surface area contributed by atoms with Gasteiger partial charge in [0.25, 0.3) is 5.91 Å². The van der Waals surface area contributed by atoms with E-state index in [0.29, 0.717) is 30.1 Å². The average molecular weight is 392 g/mol. The Morgan fingerprint density at radius 2 is 2.04 bits per heavy atom. The molecule has 1 aromatic carbocycles. The minimum atomic E-state index is -4.44. The van der Waals surface area contributed by atoms with Crippen molar-refractivity contribution in [1.29, 1.82) is 0 Å². The summed E-state index contributed by atoms with van der Waals surface area (Å²) < 4.78 is 41.8. The smallest absolute Gasteiger partial charge is 0.288 e. The Labute approximate surface area is 156 Å². The van der Waals surface area contributed by atoms with E-state index in [1.807, 2.05) is 0 Å². The van der Waals surface area contributed by atoms with Gasteiger partial charge in [-0.3, -0.25) is 10.1 Å². The standard InChI is InChI=1S/C18H15F3N4OS/c19-18(20,21)13-7-2-1-5-11(13)12-6-3-9-25-15(12)22-17(24-25)23-16(26)14-8-4-10-27-14/h1-2,4-5,7-8,10,12H,3,6,9H2,(H,23,24,26). The summed E-state index contributed by atoms with van der Waals surface area (Å²) in [6.45, 7) is 0.557. The topological polar surface area (TPSA) is 59.8 Å².